The summed E-state index contributed by atoms with van der Waals surface area (Å²) in [6.45, 7) is 6.34. The lowest BCUT2D eigenvalue weighted by Crippen LogP contribution is -2.12. The molecule has 0 aliphatic heterocycles. The summed E-state index contributed by atoms with van der Waals surface area (Å²) in [5.41, 5.74) is 1.26. The van der Waals surface area contributed by atoms with E-state index in [4.69, 9.17) is 9.84 Å². The van der Waals surface area contributed by atoms with Gasteiger partial charge in [0.05, 0.1) is 5.56 Å². The van der Waals surface area contributed by atoms with Crippen molar-refractivity contribution in [2.75, 3.05) is 0 Å². The van der Waals surface area contributed by atoms with Crippen molar-refractivity contribution >= 4 is 5.97 Å². The minimum absolute atomic E-state index is 0.0407. The molecule has 0 aliphatic rings. The van der Waals surface area contributed by atoms with Gasteiger partial charge >= 0.3 is 5.97 Å². The van der Waals surface area contributed by atoms with Gasteiger partial charge in [-0.3, -0.25) is 0 Å². The Morgan fingerprint density at radius 3 is 2.40 bits per heavy atom. The molecule has 0 radical (unpaired) electrons. The van der Waals surface area contributed by atoms with Crippen LogP contribution in [0.15, 0.2) is 48.5 Å². The van der Waals surface area contributed by atoms with E-state index in [9.17, 15) is 4.79 Å². The molecule has 0 aliphatic carbocycles. The second-order valence-corrected chi connectivity index (χ2v) is 5.68. The van der Waals surface area contributed by atoms with E-state index >= 15 is 0 Å². The van der Waals surface area contributed by atoms with Gasteiger partial charge in [-0.1, -0.05) is 45.0 Å². The molecule has 2 aromatic rings. The summed E-state index contributed by atoms with van der Waals surface area (Å²) in [7, 11) is 0. The smallest absolute Gasteiger partial charge is 0.335 e. The summed E-state index contributed by atoms with van der Waals surface area (Å²) in [6, 6.07) is 14.3. The third-order valence-electron chi connectivity index (χ3n) is 3.00. The number of ether oxygens (including phenoxy) is 1. The number of carbonyl (C=O) groups is 1. The van der Waals surface area contributed by atoms with E-state index in [0.29, 0.717) is 5.75 Å². The summed E-state index contributed by atoms with van der Waals surface area (Å²) < 4.78 is 5.86. The number of rotatable bonds is 3. The van der Waals surface area contributed by atoms with Crippen molar-refractivity contribution in [3.8, 4) is 11.5 Å². The van der Waals surface area contributed by atoms with Gasteiger partial charge in [-0.05, 0) is 29.7 Å². The molecule has 0 fully saturated rings. The van der Waals surface area contributed by atoms with Crippen molar-refractivity contribution in [2.45, 2.75) is 26.2 Å². The highest BCUT2D eigenvalue weighted by molar-refractivity contribution is 5.88. The molecule has 0 heterocycles. The van der Waals surface area contributed by atoms with Gasteiger partial charge in [-0.2, -0.15) is 0 Å². The minimum Gasteiger partial charge on any atom is -0.478 e. The fourth-order valence-corrected chi connectivity index (χ4v) is 1.99. The molecule has 104 valence electrons. The van der Waals surface area contributed by atoms with E-state index in [2.05, 4.69) is 20.8 Å². The van der Waals surface area contributed by atoms with Gasteiger partial charge < -0.3 is 9.84 Å². The van der Waals surface area contributed by atoms with Gasteiger partial charge in [-0.25, -0.2) is 4.79 Å². The number of para-hydroxylation sites is 1. The summed E-state index contributed by atoms with van der Waals surface area (Å²) in [6.07, 6.45) is 0. The van der Waals surface area contributed by atoms with E-state index in [1.807, 2.05) is 24.3 Å². The van der Waals surface area contributed by atoms with Crippen LogP contribution in [0.5, 0.6) is 11.5 Å². The zero-order chi connectivity index (χ0) is 14.8. The number of carboxylic acid groups (broad SMARTS) is 1. The second-order valence-electron chi connectivity index (χ2n) is 5.68. The van der Waals surface area contributed by atoms with Gasteiger partial charge in [0.1, 0.15) is 11.5 Å². The number of aromatic carboxylic acids is 1. The molecule has 0 aromatic heterocycles. The van der Waals surface area contributed by atoms with E-state index in [1.54, 1.807) is 18.2 Å². The molecule has 0 spiro atoms. The van der Waals surface area contributed by atoms with Crippen LogP contribution < -0.4 is 4.74 Å². The standard InChI is InChI=1S/C17H18O3/c1-17(2,3)14-9-4-5-10-15(14)20-13-8-6-7-12(11-13)16(18)19/h4-11H,1-3H3,(H,18,19). The van der Waals surface area contributed by atoms with E-state index in [1.165, 1.54) is 6.07 Å². The van der Waals surface area contributed by atoms with Crippen molar-refractivity contribution < 1.29 is 14.6 Å². The van der Waals surface area contributed by atoms with Gasteiger partial charge in [-0.15, -0.1) is 0 Å². The third-order valence-corrected chi connectivity index (χ3v) is 3.00. The topological polar surface area (TPSA) is 46.5 Å². The largest absolute Gasteiger partial charge is 0.478 e. The van der Waals surface area contributed by atoms with Crippen LogP contribution in [-0.4, -0.2) is 11.1 Å². The van der Waals surface area contributed by atoms with Crippen LogP contribution in [0, 0.1) is 0 Å². The van der Waals surface area contributed by atoms with Crippen LogP contribution in [0.2, 0.25) is 0 Å². The van der Waals surface area contributed by atoms with Crippen LogP contribution in [0.3, 0.4) is 0 Å². The first-order chi connectivity index (χ1) is 9.38. The average molecular weight is 270 g/mol. The van der Waals surface area contributed by atoms with Crippen molar-refractivity contribution in [3.63, 3.8) is 0 Å². The lowest BCUT2D eigenvalue weighted by molar-refractivity contribution is 0.0696. The highest BCUT2D eigenvalue weighted by Gasteiger charge is 2.18. The zero-order valence-electron chi connectivity index (χ0n) is 11.9. The highest BCUT2D eigenvalue weighted by Crippen LogP contribution is 2.34. The fraction of sp³-hybridized carbons (Fsp3) is 0.235. The first-order valence-corrected chi connectivity index (χ1v) is 6.48. The number of hydrogen-bond donors (Lipinski definition) is 1. The van der Waals surface area contributed by atoms with Crippen molar-refractivity contribution in [3.05, 3.63) is 59.7 Å². The maximum atomic E-state index is 11.0. The molecule has 2 rings (SSSR count). The molecule has 1 N–H and O–H groups in total. The maximum absolute atomic E-state index is 11.0. The van der Waals surface area contributed by atoms with Crippen LogP contribution in [-0.2, 0) is 5.41 Å². The predicted molar refractivity (Wildman–Crippen MR) is 78.6 cm³/mol. The summed E-state index contributed by atoms with van der Waals surface area (Å²) in [5.74, 6) is 0.323. The van der Waals surface area contributed by atoms with Crippen molar-refractivity contribution in [1.82, 2.24) is 0 Å². The Bertz CT molecular complexity index is 624. The minimum atomic E-state index is -0.959. The Labute approximate surface area is 118 Å². The Kier molecular flexibility index (Phi) is 3.79. The molecule has 0 saturated heterocycles. The number of hydrogen-bond acceptors (Lipinski definition) is 2. The van der Waals surface area contributed by atoms with Gasteiger partial charge in [0, 0.05) is 5.56 Å². The Morgan fingerprint density at radius 2 is 1.75 bits per heavy atom. The average Bonchev–Trinajstić information content (AvgIpc) is 2.38. The lowest BCUT2D eigenvalue weighted by Gasteiger charge is -2.22. The first-order valence-electron chi connectivity index (χ1n) is 6.48. The summed E-state index contributed by atoms with van der Waals surface area (Å²) >= 11 is 0. The molecule has 0 atom stereocenters. The SMILES string of the molecule is CC(C)(C)c1ccccc1Oc1cccc(C(=O)O)c1. The van der Waals surface area contributed by atoms with E-state index in [0.717, 1.165) is 11.3 Å². The van der Waals surface area contributed by atoms with Crippen LogP contribution >= 0.6 is 0 Å². The molecule has 20 heavy (non-hydrogen) atoms. The molecule has 0 bridgehead atoms. The number of carboxylic acids is 1. The monoisotopic (exact) mass is 270 g/mol. The van der Waals surface area contributed by atoms with Gasteiger partial charge in [0.2, 0.25) is 0 Å². The summed E-state index contributed by atoms with van der Waals surface area (Å²) in [5, 5.41) is 9.00. The zero-order valence-corrected chi connectivity index (χ0v) is 11.9. The van der Waals surface area contributed by atoms with Gasteiger partial charge in [0.15, 0.2) is 0 Å². The maximum Gasteiger partial charge on any atom is 0.335 e. The number of benzene rings is 2. The predicted octanol–water partition coefficient (Wildman–Crippen LogP) is 4.47. The molecule has 3 nitrogen and oxygen atoms in total. The Balaban J connectivity index is 2.36. The van der Waals surface area contributed by atoms with E-state index in [-0.39, 0.29) is 11.0 Å². The first kappa shape index (κ1) is 14.1. The third kappa shape index (κ3) is 3.18. The Morgan fingerprint density at radius 1 is 1.05 bits per heavy atom. The molecule has 0 amide bonds. The van der Waals surface area contributed by atoms with Crippen molar-refractivity contribution in [1.29, 1.82) is 0 Å². The summed E-state index contributed by atoms with van der Waals surface area (Å²) in [4.78, 5) is 11.0. The van der Waals surface area contributed by atoms with Crippen LogP contribution in [0.4, 0.5) is 0 Å². The molecule has 0 unspecified atom stereocenters. The molecule has 0 saturated carbocycles. The Hall–Kier alpha value is -2.29. The molecular weight excluding hydrogens is 252 g/mol. The van der Waals surface area contributed by atoms with E-state index < -0.39 is 5.97 Å². The van der Waals surface area contributed by atoms with Gasteiger partial charge in [0.25, 0.3) is 0 Å². The van der Waals surface area contributed by atoms with Crippen LogP contribution in [0.1, 0.15) is 36.7 Å². The highest BCUT2D eigenvalue weighted by atomic mass is 16.5. The quantitative estimate of drug-likeness (QED) is 0.894. The second kappa shape index (κ2) is 5.37. The molecule has 3 heteroatoms. The normalized spacial score (nSPS) is 11.2. The molecular formula is C17H18O3. The van der Waals surface area contributed by atoms with Crippen molar-refractivity contribution in [2.24, 2.45) is 0 Å². The fourth-order valence-electron chi connectivity index (χ4n) is 1.99. The lowest BCUT2D eigenvalue weighted by atomic mass is 9.86. The van der Waals surface area contributed by atoms with Crippen LogP contribution in [0.25, 0.3) is 0 Å². The molecule has 2 aromatic carbocycles.